The van der Waals surface area contributed by atoms with E-state index in [1.165, 1.54) is 0 Å². The first kappa shape index (κ1) is 12.6. The maximum atomic E-state index is 11.9. The molecule has 1 aromatic heterocycles. The highest BCUT2D eigenvalue weighted by Crippen LogP contribution is 2.09. The number of nitrogens with zero attached hydrogens (tertiary/aromatic N) is 3. The van der Waals surface area contributed by atoms with E-state index in [0.717, 1.165) is 17.9 Å². The van der Waals surface area contributed by atoms with Gasteiger partial charge in [0.2, 0.25) is 11.8 Å². The number of hydrogen-bond donors (Lipinski definition) is 1. The zero-order chi connectivity index (χ0) is 13.1. The molecule has 1 fully saturated rings. The van der Waals surface area contributed by atoms with Gasteiger partial charge in [-0.1, -0.05) is 0 Å². The number of amides is 2. The van der Waals surface area contributed by atoms with E-state index in [1.807, 2.05) is 24.6 Å². The molecule has 1 aromatic rings. The van der Waals surface area contributed by atoms with Gasteiger partial charge in [0.15, 0.2) is 0 Å². The maximum Gasteiger partial charge on any atom is 0.242 e. The molecule has 0 aliphatic carbocycles. The van der Waals surface area contributed by atoms with Crippen molar-refractivity contribution in [1.29, 1.82) is 0 Å². The van der Waals surface area contributed by atoms with E-state index in [9.17, 15) is 9.59 Å². The molecule has 2 rings (SSSR count). The van der Waals surface area contributed by atoms with Crippen molar-refractivity contribution < 1.29 is 9.59 Å². The summed E-state index contributed by atoms with van der Waals surface area (Å²) in [6.07, 6.45) is 0.366. The molecule has 0 spiro atoms. The zero-order valence-electron chi connectivity index (χ0n) is 10.8. The average molecular weight is 250 g/mol. The number of hydrogen-bond acceptors (Lipinski definition) is 3. The molecule has 2 amide bonds. The SMILES string of the molecule is CCn1nc(C)cc1CN1CCC(=O)NCC1=O. The van der Waals surface area contributed by atoms with Crippen LogP contribution < -0.4 is 5.32 Å². The van der Waals surface area contributed by atoms with Gasteiger partial charge in [0.25, 0.3) is 0 Å². The van der Waals surface area contributed by atoms with Crippen LogP contribution in [0.5, 0.6) is 0 Å². The molecule has 98 valence electrons. The molecule has 1 aliphatic heterocycles. The van der Waals surface area contributed by atoms with Gasteiger partial charge in [0.1, 0.15) is 0 Å². The van der Waals surface area contributed by atoms with Crippen molar-refractivity contribution in [3.8, 4) is 0 Å². The highest BCUT2D eigenvalue weighted by atomic mass is 16.2. The van der Waals surface area contributed by atoms with Gasteiger partial charge in [0.05, 0.1) is 24.5 Å². The number of carbonyl (C=O) groups is 2. The molecule has 2 heterocycles. The van der Waals surface area contributed by atoms with Crippen LogP contribution in [0.2, 0.25) is 0 Å². The van der Waals surface area contributed by atoms with Crippen LogP contribution in [0.1, 0.15) is 24.7 Å². The summed E-state index contributed by atoms with van der Waals surface area (Å²) in [5.41, 5.74) is 1.96. The van der Waals surface area contributed by atoms with Gasteiger partial charge in [-0.2, -0.15) is 5.10 Å². The van der Waals surface area contributed by atoms with Crippen LogP contribution >= 0.6 is 0 Å². The second-order valence-electron chi connectivity index (χ2n) is 4.43. The number of aryl methyl sites for hydroxylation is 2. The molecule has 0 bridgehead atoms. The molecule has 0 unspecified atom stereocenters. The van der Waals surface area contributed by atoms with Crippen LogP contribution in [0.15, 0.2) is 6.07 Å². The van der Waals surface area contributed by atoms with Gasteiger partial charge in [-0.15, -0.1) is 0 Å². The fourth-order valence-corrected chi connectivity index (χ4v) is 2.10. The minimum absolute atomic E-state index is 0.0395. The van der Waals surface area contributed by atoms with Crippen LogP contribution in [0.3, 0.4) is 0 Å². The third kappa shape index (κ3) is 2.69. The number of rotatable bonds is 3. The van der Waals surface area contributed by atoms with E-state index in [-0.39, 0.29) is 18.4 Å². The first-order valence-electron chi connectivity index (χ1n) is 6.18. The normalized spacial score (nSPS) is 16.7. The second-order valence-corrected chi connectivity index (χ2v) is 4.43. The molecule has 18 heavy (non-hydrogen) atoms. The molecule has 6 heteroatoms. The summed E-state index contributed by atoms with van der Waals surface area (Å²) in [4.78, 5) is 24.8. The lowest BCUT2D eigenvalue weighted by atomic mass is 10.3. The lowest BCUT2D eigenvalue weighted by molar-refractivity contribution is -0.130. The van der Waals surface area contributed by atoms with Crippen molar-refractivity contribution in [3.63, 3.8) is 0 Å². The zero-order valence-corrected chi connectivity index (χ0v) is 10.8. The Morgan fingerprint density at radius 3 is 2.94 bits per heavy atom. The van der Waals surface area contributed by atoms with Gasteiger partial charge in [0, 0.05) is 19.5 Å². The molecule has 1 aliphatic rings. The van der Waals surface area contributed by atoms with Crippen LogP contribution in [0.4, 0.5) is 0 Å². The lowest BCUT2D eigenvalue weighted by Crippen LogP contribution is -2.35. The Morgan fingerprint density at radius 1 is 1.44 bits per heavy atom. The fraction of sp³-hybridized carbons (Fsp3) is 0.583. The average Bonchev–Trinajstić information content (AvgIpc) is 2.63. The van der Waals surface area contributed by atoms with Crippen LogP contribution in [-0.4, -0.2) is 39.6 Å². The van der Waals surface area contributed by atoms with E-state index in [2.05, 4.69) is 10.4 Å². The Morgan fingerprint density at radius 2 is 2.22 bits per heavy atom. The Bertz CT molecular complexity index is 467. The van der Waals surface area contributed by atoms with E-state index in [4.69, 9.17) is 0 Å². The first-order valence-corrected chi connectivity index (χ1v) is 6.18. The van der Waals surface area contributed by atoms with Gasteiger partial charge in [-0.25, -0.2) is 0 Å². The fourth-order valence-electron chi connectivity index (χ4n) is 2.10. The van der Waals surface area contributed by atoms with Gasteiger partial charge >= 0.3 is 0 Å². The minimum atomic E-state index is -0.0639. The quantitative estimate of drug-likeness (QED) is 0.825. The molecule has 0 aromatic carbocycles. The monoisotopic (exact) mass is 250 g/mol. The summed E-state index contributed by atoms with van der Waals surface area (Å²) >= 11 is 0. The van der Waals surface area contributed by atoms with Crippen molar-refractivity contribution >= 4 is 11.8 Å². The van der Waals surface area contributed by atoms with Crippen LogP contribution in [-0.2, 0) is 22.7 Å². The Kier molecular flexibility index (Phi) is 3.64. The van der Waals surface area contributed by atoms with E-state index in [1.54, 1.807) is 4.90 Å². The summed E-state index contributed by atoms with van der Waals surface area (Å²) in [7, 11) is 0. The maximum absolute atomic E-state index is 11.9. The number of aromatic nitrogens is 2. The van der Waals surface area contributed by atoms with E-state index >= 15 is 0 Å². The summed E-state index contributed by atoms with van der Waals surface area (Å²) in [6, 6.07) is 1.98. The van der Waals surface area contributed by atoms with Crippen molar-refractivity contribution in [2.45, 2.75) is 33.4 Å². The second kappa shape index (κ2) is 5.20. The number of carbonyl (C=O) groups excluding carboxylic acids is 2. The Hall–Kier alpha value is -1.85. The van der Waals surface area contributed by atoms with Gasteiger partial charge in [-0.05, 0) is 19.9 Å². The molecule has 0 saturated carbocycles. The predicted molar refractivity (Wildman–Crippen MR) is 65.7 cm³/mol. The van der Waals surface area contributed by atoms with Gasteiger partial charge in [-0.3, -0.25) is 14.3 Å². The summed E-state index contributed by atoms with van der Waals surface area (Å²) in [5.74, 6) is -0.103. The number of nitrogens with one attached hydrogen (secondary N) is 1. The predicted octanol–water partition coefficient (Wildman–Crippen LogP) is 0.0599. The van der Waals surface area contributed by atoms with E-state index in [0.29, 0.717) is 19.5 Å². The largest absolute Gasteiger partial charge is 0.347 e. The highest BCUT2D eigenvalue weighted by molar-refractivity contribution is 5.87. The standard InChI is InChI=1S/C12H18N4O2/c1-3-16-10(6-9(2)14-16)8-15-5-4-11(17)13-7-12(15)18/h6H,3-5,7-8H2,1-2H3,(H,13,17). The molecular formula is C12H18N4O2. The van der Waals surface area contributed by atoms with Crippen LogP contribution in [0, 0.1) is 6.92 Å². The highest BCUT2D eigenvalue weighted by Gasteiger charge is 2.21. The van der Waals surface area contributed by atoms with Crippen LogP contribution in [0.25, 0.3) is 0 Å². The molecule has 1 saturated heterocycles. The van der Waals surface area contributed by atoms with Gasteiger partial charge < -0.3 is 10.2 Å². The first-order chi connectivity index (χ1) is 8.60. The molecule has 1 N–H and O–H groups in total. The Balaban J connectivity index is 2.11. The molecule has 0 radical (unpaired) electrons. The Labute approximate surface area is 106 Å². The topological polar surface area (TPSA) is 67.2 Å². The van der Waals surface area contributed by atoms with E-state index < -0.39 is 0 Å². The summed E-state index contributed by atoms with van der Waals surface area (Å²) in [6.45, 7) is 5.82. The third-order valence-electron chi connectivity index (χ3n) is 3.04. The molecular weight excluding hydrogens is 232 g/mol. The van der Waals surface area contributed by atoms with Crippen molar-refractivity contribution in [1.82, 2.24) is 20.0 Å². The summed E-state index contributed by atoms with van der Waals surface area (Å²) in [5, 5.41) is 6.95. The van der Waals surface area contributed by atoms with Crippen molar-refractivity contribution in [3.05, 3.63) is 17.5 Å². The van der Waals surface area contributed by atoms with Crippen molar-refractivity contribution in [2.75, 3.05) is 13.1 Å². The molecule has 6 nitrogen and oxygen atoms in total. The minimum Gasteiger partial charge on any atom is -0.347 e. The smallest absolute Gasteiger partial charge is 0.242 e. The lowest BCUT2D eigenvalue weighted by Gasteiger charge is -2.19. The molecule has 0 atom stereocenters. The van der Waals surface area contributed by atoms with Crippen molar-refractivity contribution in [2.24, 2.45) is 0 Å². The third-order valence-corrected chi connectivity index (χ3v) is 3.04. The summed E-state index contributed by atoms with van der Waals surface area (Å²) < 4.78 is 1.89.